The largest absolute Gasteiger partial charge is 0.299 e. The van der Waals surface area contributed by atoms with E-state index in [4.69, 9.17) is 0 Å². The lowest BCUT2D eigenvalue weighted by atomic mass is 9.87. The Bertz CT molecular complexity index is 315. The molecular formula is C8H12O3S. The molecule has 1 unspecified atom stereocenters. The third-order valence-corrected chi connectivity index (χ3v) is 3.89. The lowest BCUT2D eigenvalue weighted by Crippen LogP contribution is -2.38. The van der Waals surface area contributed by atoms with Crippen molar-refractivity contribution in [3.63, 3.8) is 0 Å². The van der Waals surface area contributed by atoms with Crippen LogP contribution in [-0.2, 0) is 14.6 Å². The van der Waals surface area contributed by atoms with E-state index in [1.165, 1.54) is 0 Å². The molecule has 0 aromatic rings. The molecular weight excluding hydrogens is 176 g/mol. The monoisotopic (exact) mass is 188 g/mol. The molecule has 1 fully saturated rings. The number of sulfone groups is 1. The highest BCUT2D eigenvalue weighted by atomic mass is 32.2. The quantitative estimate of drug-likeness (QED) is 0.565. The van der Waals surface area contributed by atoms with Gasteiger partial charge in [0.15, 0.2) is 9.84 Å². The Kier molecular flexibility index (Phi) is 2.12. The molecule has 0 radical (unpaired) electrons. The van der Waals surface area contributed by atoms with Gasteiger partial charge in [-0.3, -0.25) is 4.79 Å². The maximum Gasteiger partial charge on any atom is 0.158 e. The SMILES string of the molecule is C=CC1(C)CC(=O)CS(=O)(=O)C1. The summed E-state index contributed by atoms with van der Waals surface area (Å²) in [6.45, 7) is 5.28. The van der Waals surface area contributed by atoms with Gasteiger partial charge in [0.05, 0.1) is 5.75 Å². The lowest BCUT2D eigenvalue weighted by molar-refractivity contribution is -0.118. The van der Waals surface area contributed by atoms with Gasteiger partial charge in [-0.1, -0.05) is 13.0 Å². The number of ketones is 1. The fraction of sp³-hybridized carbons (Fsp3) is 0.625. The number of hydrogen-bond donors (Lipinski definition) is 0. The molecule has 1 saturated heterocycles. The summed E-state index contributed by atoms with van der Waals surface area (Å²) >= 11 is 0. The standard InChI is InChI=1S/C8H12O3S/c1-3-8(2)4-7(9)5-12(10,11)6-8/h3H,1,4-6H2,2H3. The van der Waals surface area contributed by atoms with Crippen LogP contribution >= 0.6 is 0 Å². The van der Waals surface area contributed by atoms with E-state index in [-0.39, 0.29) is 17.3 Å². The Hall–Kier alpha value is -0.640. The van der Waals surface area contributed by atoms with Crippen LogP contribution in [0.15, 0.2) is 12.7 Å². The van der Waals surface area contributed by atoms with Crippen molar-refractivity contribution in [1.29, 1.82) is 0 Å². The van der Waals surface area contributed by atoms with Crippen molar-refractivity contribution >= 4 is 15.6 Å². The first-order valence-corrected chi connectivity index (χ1v) is 5.55. The zero-order valence-electron chi connectivity index (χ0n) is 7.04. The fourth-order valence-corrected chi connectivity index (χ4v) is 3.40. The topological polar surface area (TPSA) is 51.2 Å². The van der Waals surface area contributed by atoms with Gasteiger partial charge < -0.3 is 0 Å². The van der Waals surface area contributed by atoms with Gasteiger partial charge in [-0.2, -0.15) is 0 Å². The van der Waals surface area contributed by atoms with Crippen molar-refractivity contribution in [2.75, 3.05) is 11.5 Å². The molecule has 4 heteroatoms. The summed E-state index contributed by atoms with van der Waals surface area (Å²) in [5.74, 6) is -0.449. The minimum atomic E-state index is -3.17. The molecule has 0 aliphatic carbocycles. The molecule has 3 nitrogen and oxygen atoms in total. The first kappa shape index (κ1) is 9.45. The van der Waals surface area contributed by atoms with Crippen LogP contribution in [0.25, 0.3) is 0 Å². The number of carbonyl (C=O) groups excluding carboxylic acids is 1. The molecule has 12 heavy (non-hydrogen) atoms. The molecule has 0 N–H and O–H groups in total. The maximum atomic E-state index is 11.2. The van der Waals surface area contributed by atoms with Gasteiger partial charge in [-0.25, -0.2) is 8.42 Å². The Balaban J connectivity index is 2.99. The number of allylic oxidation sites excluding steroid dienone is 1. The van der Waals surface area contributed by atoms with E-state index >= 15 is 0 Å². The summed E-state index contributed by atoms with van der Waals surface area (Å²) in [4.78, 5) is 11.0. The van der Waals surface area contributed by atoms with Gasteiger partial charge in [0.25, 0.3) is 0 Å². The number of carbonyl (C=O) groups is 1. The van der Waals surface area contributed by atoms with E-state index in [0.29, 0.717) is 6.42 Å². The fourth-order valence-electron chi connectivity index (χ4n) is 1.48. The van der Waals surface area contributed by atoms with Gasteiger partial charge >= 0.3 is 0 Å². The van der Waals surface area contributed by atoms with E-state index < -0.39 is 15.3 Å². The van der Waals surface area contributed by atoms with Crippen LogP contribution in [0.5, 0.6) is 0 Å². The van der Waals surface area contributed by atoms with Crippen molar-refractivity contribution in [1.82, 2.24) is 0 Å². The van der Waals surface area contributed by atoms with Crippen LogP contribution in [0, 0.1) is 5.41 Å². The Morgan fingerprint density at radius 1 is 1.58 bits per heavy atom. The summed E-state index contributed by atoms with van der Waals surface area (Å²) in [7, 11) is -3.17. The molecule has 1 rings (SSSR count). The highest BCUT2D eigenvalue weighted by molar-refractivity contribution is 7.92. The maximum absolute atomic E-state index is 11.2. The van der Waals surface area contributed by atoms with Gasteiger partial charge in [-0.05, 0) is 0 Å². The molecule has 0 bridgehead atoms. The number of Topliss-reactive ketones (excluding diaryl/α,β-unsaturated/α-hetero) is 1. The molecule has 1 atom stereocenters. The Morgan fingerprint density at radius 3 is 2.58 bits per heavy atom. The highest BCUT2D eigenvalue weighted by Gasteiger charge is 2.36. The summed E-state index contributed by atoms with van der Waals surface area (Å²) in [5, 5.41) is 0. The molecule has 1 aliphatic rings. The van der Waals surface area contributed by atoms with E-state index in [2.05, 4.69) is 6.58 Å². The zero-order valence-corrected chi connectivity index (χ0v) is 7.86. The minimum absolute atomic E-state index is 0.0508. The second kappa shape index (κ2) is 2.69. The van der Waals surface area contributed by atoms with E-state index in [1.807, 2.05) is 0 Å². The van der Waals surface area contributed by atoms with E-state index in [0.717, 1.165) is 0 Å². The van der Waals surface area contributed by atoms with Gasteiger partial charge in [-0.15, -0.1) is 6.58 Å². The van der Waals surface area contributed by atoms with E-state index in [9.17, 15) is 13.2 Å². The Morgan fingerprint density at radius 2 is 2.17 bits per heavy atom. The Labute approximate surface area is 72.4 Å². The molecule has 0 amide bonds. The van der Waals surface area contributed by atoms with Crippen molar-refractivity contribution in [2.45, 2.75) is 13.3 Å². The molecule has 1 aliphatic heterocycles. The number of hydrogen-bond acceptors (Lipinski definition) is 3. The van der Waals surface area contributed by atoms with Crippen molar-refractivity contribution < 1.29 is 13.2 Å². The molecule has 68 valence electrons. The summed E-state index contributed by atoms with van der Waals surface area (Å²) in [6.07, 6.45) is 1.86. The normalized spacial score (nSPS) is 34.6. The van der Waals surface area contributed by atoms with Crippen LogP contribution in [0.3, 0.4) is 0 Å². The van der Waals surface area contributed by atoms with Crippen LogP contribution in [0.1, 0.15) is 13.3 Å². The molecule has 0 aromatic carbocycles. The summed E-state index contributed by atoms with van der Waals surface area (Å²) in [5.41, 5.74) is -0.547. The highest BCUT2D eigenvalue weighted by Crippen LogP contribution is 2.29. The van der Waals surface area contributed by atoms with Crippen molar-refractivity contribution in [2.24, 2.45) is 5.41 Å². The predicted molar refractivity (Wildman–Crippen MR) is 46.6 cm³/mol. The summed E-state index contributed by atoms with van der Waals surface area (Å²) < 4.78 is 22.3. The van der Waals surface area contributed by atoms with Gasteiger partial charge in [0.2, 0.25) is 0 Å². The van der Waals surface area contributed by atoms with Crippen LogP contribution < -0.4 is 0 Å². The first-order valence-electron chi connectivity index (χ1n) is 3.73. The second-order valence-electron chi connectivity index (χ2n) is 3.61. The average Bonchev–Trinajstić information content (AvgIpc) is 1.82. The van der Waals surface area contributed by atoms with Crippen LogP contribution in [0.4, 0.5) is 0 Å². The zero-order chi connectivity index (χ0) is 9.41. The average molecular weight is 188 g/mol. The summed E-state index contributed by atoms with van der Waals surface area (Å²) in [6, 6.07) is 0. The molecule has 1 heterocycles. The van der Waals surface area contributed by atoms with E-state index in [1.54, 1.807) is 13.0 Å². The first-order chi connectivity index (χ1) is 5.37. The van der Waals surface area contributed by atoms with Crippen LogP contribution in [-0.4, -0.2) is 25.7 Å². The third kappa shape index (κ3) is 1.94. The second-order valence-corrected chi connectivity index (χ2v) is 5.67. The van der Waals surface area contributed by atoms with Crippen molar-refractivity contribution in [3.05, 3.63) is 12.7 Å². The van der Waals surface area contributed by atoms with Gasteiger partial charge in [0.1, 0.15) is 11.5 Å². The lowest BCUT2D eigenvalue weighted by Gasteiger charge is -2.28. The number of rotatable bonds is 1. The van der Waals surface area contributed by atoms with Crippen molar-refractivity contribution in [3.8, 4) is 0 Å². The van der Waals surface area contributed by atoms with Crippen LogP contribution in [0.2, 0.25) is 0 Å². The smallest absolute Gasteiger partial charge is 0.158 e. The molecule has 0 spiro atoms. The molecule has 0 aromatic heterocycles. The van der Waals surface area contributed by atoms with Gasteiger partial charge in [0, 0.05) is 11.8 Å². The minimum Gasteiger partial charge on any atom is -0.299 e. The predicted octanol–water partition coefficient (Wildman–Crippen LogP) is 0.566. The molecule has 0 saturated carbocycles. The third-order valence-electron chi connectivity index (χ3n) is 2.02.